The lowest BCUT2D eigenvalue weighted by molar-refractivity contribution is 0.571. The molecule has 10 rings (SSSR count). The molecule has 12 heteroatoms. The molecule has 9 heterocycles. The fourth-order valence-electron chi connectivity index (χ4n) is 6.73. The van der Waals surface area contributed by atoms with Gasteiger partial charge in [-0.2, -0.15) is 10.2 Å². The molecule has 348 valence electrons. The normalized spacial score (nSPS) is 12.1. The molecule has 0 fully saturated rings. The first kappa shape index (κ1) is 49.5. The summed E-state index contributed by atoms with van der Waals surface area (Å²) in [6, 6.07) is 26.8. The Kier molecular flexibility index (Phi) is 14.7. The van der Waals surface area contributed by atoms with Crippen LogP contribution in [0.5, 0.6) is 0 Å². The van der Waals surface area contributed by atoms with Crippen molar-refractivity contribution in [1.82, 2.24) is 58.5 Å². The van der Waals surface area contributed by atoms with Crippen LogP contribution in [0.25, 0.3) is 38.9 Å². The van der Waals surface area contributed by atoms with Gasteiger partial charge in [-0.1, -0.05) is 122 Å². The van der Waals surface area contributed by atoms with Crippen molar-refractivity contribution in [2.45, 2.75) is 131 Å². The highest BCUT2D eigenvalue weighted by atomic mass is 15.3. The van der Waals surface area contributed by atoms with E-state index in [4.69, 9.17) is 0 Å². The lowest BCUT2D eigenvalue weighted by Gasteiger charge is -2.19. The fourth-order valence-corrected chi connectivity index (χ4v) is 6.73. The number of hydrogen-bond acceptors (Lipinski definition) is 9. The zero-order chi connectivity index (χ0) is 48.8. The lowest BCUT2D eigenvalue weighted by Crippen LogP contribution is -2.13. The first-order chi connectivity index (χ1) is 31.4. The van der Waals surface area contributed by atoms with E-state index < -0.39 is 0 Å². The number of benzene rings is 1. The minimum atomic E-state index is 0.101. The van der Waals surface area contributed by atoms with Gasteiger partial charge in [-0.25, -0.2) is 34.0 Å². The average molecular weight is 897 g/mol. The third-order valence-corrected chi connectivity index (χ3v) is 11.1. The van der Waals surface area contributed by atoms with Crippen molar-refractivity contribution in [3.63, 3.8) is 0 Å². The summed E-state index contributed by atoms with van der Waals surface area (Å²) in [4.78, 5) is 29.5. The van der Waals surface area contributed by atoms with Gasteiger partial charge in [-0.15, -0.1) is 0 Å². The van der Waals surface area contributed by atoms with Crippen molar-refractivity contribution < 1.29 is 0 Å². The smallest absolute Gasteiger partial charge is 0.155 e. The molecule has 67 heavy (non-hydrogen) atoms. The van der Waals surface area contributed by atoms with E-state index in [1.807, 2.05) is 55.2 Å². The molecule has 0 aliphatic rings. The summed E-state index contributed by atoms with van der Waals surface area (Å²) < 4.78 is 5.64. The molecule has 0 aliphatic carbocycles. The Labute approximate surface area is 396 Å². The predicted octanol–water partition coefficient (Wildman–Crippen LogP) is 12.5. The second-order valence-corrected chi connectivity index (χ2v) is 21.9. The first-order valence-corrected chi connectivity index (χ1v) is 22.8. The van der Waals surface area contributed by atoms with Crippen molar-refractivity contribution in [2.75, 3.05) is 0 Å². The molecule has 0 bridgehead atoms. The Balaban J connectivity index is 0.000000138. The number of hydrogen-bond donors (Lipinski definition) is 0. The molecule has 0 radical (unpaired) electrons. The molecule has 0 spiro atoms. The summed E-state index contributed by atoms with van der Waals surface area (Å²) in [5.41, 5.74) is 12.9. The molecule has 0 saturated carbocycles. The number of nitrogens with zero attached hydrogens (tertiary/aromatic N) is 12. The summed E-state index contributed by atoms with van der Waals surface area (Å²) >= 11 is 0. The van der Waals surface area contributed by atoms with Gasteiger partial charge in [0, 0.05) is 59.9 Å². The summed E-state index contributed by atoms with van der Waals surface area (Å²) in [5.74, 6) is 0. The van der Waals surface area contributed by atoms with Crippen LogP contribution in [0, 0.1) is 0 Å². The molecule has 0 aliphatic heterocycles. The maximum absolute atomic E-state index is 4.58. The van der Waals surface area contributed by atoms with Gasteiger partial charge in [-0.3, -0.25) is 9.97 Å². The molecule has 0 N–H and O–H groups in total. The number of rotatable bonds is 0. The molecule has 10 aromatic rings. The second kappa shape index (κ2) is 19.9. The minimum absolute atomic E-state index is 0.101. The maximum Gasteiger partial charge on any atom is 0.155 e. The third kappa shape index (κ3) is 13.3. The Hall–Kier alpha value is -6.95. The van der Waals surface area contributed by atoms with Gasteiger partial charge in [-0.05, 0) is 105 Å². The van der Waals surface area contributed by atoms with Crippen LogP contribution in [0.4, 0.5) is 0 Å². The Bertz CT molecular complexity index is 2890. The molecule has 9 aromatic heterocycles. The largest absolute Gasteiger partial charge is 0.307 e. The van der Waals surface area contributed by atoms with E-state index in [0.717, 1.165) is 44.6 Å². The van der Waals surface area contributed by atoms with E-state index in [1.165, 1.54) is 22.3 Å². The number of fused-ring (bicyclic) bond motifs is 5. The fraction of sp³-hybridized carbons (Fsp3) is 0.364. The van der Waals surface area contributed by atoms with Crippen LogP contribution < -0.4 is 0 Å². The van der Waals surface area contributed by atoms with Crippen molar-refractivity contribution in [1.29, 1.82) is 0 Å². The van der Waals surface area contributed by atoms with Gasteiger partial charge in [0.05, 0.1) is 16.6 Å². The van der Waals surface area contributed by atoms with Gasteiger partial charge in [0.25, 0.3) is 0 Å². The van der Waals surface area contributed by atoms with Crippen LogP contribution >= 0.6 is 0 Å². The monoisotopic (exact) mass is 897 g/mol. The van der Waals surface area contributed by atoms with E-state index >= 15 is 0 Å². The van der Waals surface area contributed by atoms with Gasteiger partial charge in [0.15, 0.2) is 11.3 Å². The maximum atomic E-state index is 4.58. The van der Waals surface area contributed by atoms with Crippen LogP contribution in [-0.2, 0) is 27.1 Å². The predicted molar refractivity (Wildman–Crippen MR) is 274 cm³/mol. The molecule has 0 amide bonds. The molecule has 0 unspecified atom stereocenters. The van der Waals surface area contributed by atoms with Crippen LogP contribution in [0.1, 0.15) is 132 Å². The summed E-state index contributed by atoms with van der Waals surface area (Å²) in [5, 5.41) is 9.26. The van der Waals surface area contributed by atoms with Crippen molar-refractivity contribution in [2.24, 2.45) is 0 Å². The zero-order valence-electron chi connectivity index (χ0n) is 42.1. The highest BCUT2D eigenvalue weighted by Crippen LogP contribution is 2.26. The first-order valence-electron chi connectivity index (χ1n) is 22.8. The second-order valence-electron chi connectivity index (χ2n) is 21.9. The van der Waals surface area contributed by atoms with Gasteiger partial charge in [0.1, 0.15) is 24.6 Å². The standard InChI is InChI=1S/2C12H14N2.C11H14N2.2C10H13N3/c1-12(2,3)10-4-5-11-9(6-10)7-13-8-14-11;1-12(2,3)11-7-6-9-10(14-11)5-4-8-13-9;1-11(2,3)9-4-5-10-12-6-7-13(10)8-9;1-10(2,3)8-4-5-13-9(6-8)11-7-12-13;1-10(2,3)8-4-5-9-11-7-12-13(9)6-8/h2*4-8H,1-3H3;4-8H,1-3H3;2*4-7H,1-3H3. The van der Waals surface area contributed by atoms with Gasteiger partial charge in [0.2, 0.25) is 0 Å². The van der Waals surface area contributed by atoms with E-state index in [2.05, 4.69) is 214 Å². The lowest BCUT2D eigenvalue weighted by atomic mass is 9.86. The summed E-state index contributed by atoms with van der Waals surface area (Å²) in [6.45, 7) is 32.9. The molecular formula is C55H68N12. The van der Waals surface area contributed by atoms with Crippen molar-refractivity contribution >= 4 is 38.9 Å². The van der Waals surface area contributed by atoms with Gasteiger partial charge >= 0.3 is 0 Å². The zero-order valence-corrected chi connectivity index (χ0v) is 42.1. The van der Waals surface area contributed by atoms with Crippen molar-refractivity contribution in [3.05, 3.63) is 169 Å². The van der Waals surface area contributed by atoms with E-state index in [-0.39, 0.29) is 27.1 Å². The van der Waals surface area contributed by atoms with E-state index in [9.17, 15) is 0 Å². The molecular weight excluding hydrogens is 829 g/mol. The highest BCUT2D eigenvalue weighted by molar-refractivity contribution is 5.78. The summed E-state index contributed by atoms with van der Waals surface area (Å²) in [6.07, 6.45) is 18.3. The van der Waals surface area contributed by atoms with E-state index in [0.29, 0.717) is 0 Å². The Morgan fingerprint density at radius 3 is 1.67 bits per heavy atom. The number of aromatic nitrogens is 12. The topological polar surface area (TPSA) is 129 Å². The van der Waals surface area contributed by atoms with Crippen LogP contribution in [-0.4, -0.2) is 58.5 Å². The average Bonchev–Trinajstić information content (AvgIpc) is 4.06. The number of imidazole rings is 1. The van der Waals surface area contributed by atoms with Gasteiger partial charge < -0.3 is 4.40 Å². The Morgan fingerprint density at radius 2 is 1.00 bits per heavy atom. The van der Waals surface area contributed by atoms with Crippen LogP contribution in [0.3, 0.4) is 0 Å². The van der Waals surface area contributed by atoms with Crippen LogP contribution in [0.2, 0.25) is 0 Å². The molecule has 12 nitrogen and oxygen atoms in total. The van der Waals surface area contributed by atoms with Crippen molar-refractivity contribution in [3.8, 4) is 0 Å². The quantitative estimate of drug-likeness (QED) is 0.146. The Morgan fingerprint density at radius 1 is 0.403 bits per heavy atom. The van der Waals surface area contributed by atoms with E-state index in [1.54, 1.807) is 34.2 Å². The van der Waals surface area contributed by atoms with Crippen LogP contribution in [0.15, 0.2) is 141 Å². The number of pyridine rings is 5. The third-order valence-electron chi connectivity index (χ3n) is 11.1. The minimum Gasteiger partial charge on any atom is -0.307 e. The summed E-state index contributed by atoms with van der Waals surface area (Å²) in [7, 11) is 0. The SMILES string of the molecule is CC(C)(C)c1ccc2ncccc2n1.CC(C)(C)c1ccc2nccn2c1.CC(C)(C)c1ccc2ncncc2c1.CC(C)(C)c1ccc2ncnn2c1.CC(C)(C)c1ccn2ncnc2c1. The molecule has 0 saturated heterocycles. The highest BCUT2D eigenvalue weighted by Gasteiger charge is 2.18. The molecule has 0 atom stereocenters. The molecule has 1 aromatic carbocycles.